The fraction of sp³-hybridized carbons (Fsp3) is 0.533. The van der Waals surface area contributed by atoms with E-state index < -0.39 is 11.7 Å². The molecule has 0 aliphatic rings. The molecule has 1 rings (SSSR count). The van der Waals surface area contributed by atoms with Crippen molar-refractivity contribution in [2.75, 3.05) is 23.8 Å². The molecular formula is C15H23NO4S. The highest BCUT2D eigenvalue weighted by molar-refractivity contribution is 7.99. The molecule has 5 nitrogen and oxygen atoms in total. The van der Waals surface area contributed by atoms with Crippen LogP contribution in [0.5, 0.6) is 5.75 Å². The number of aliphatic hydroxyl groups is 1. The van der Waals surface area contributed by atoms with Crippen molar-refractivity contribution in [3.8, 4) is 5.75 Å². The van der Waals surface area contributed by atoms with Crippen molar-refractivity contribution in [1.82, 2.24) is 0 Å². The Kier molecular flexibility index (Phi) is 6.84. The quantitative estimate of drug-likeness (QED) is 0.592. The first-order valence-corrected chi connectivity index (χ1v) is 7.88. The van der Waals surface area contributed by atoms with Crippen molar-refractivity contribution in [2.45, 2.75) is 32.5 Å². The number of carbonyl (C=O) groups is 1. The number of aliphatic hydroxyl groups excluding tert-OH is 1. The zero-order valence-electron chi connectivity index (χ0n) is 12.7. The van der Waals surface area contributed by atoms with Crippen LogP contribution in [0.3, 0.4) is 0 Å². The standard InChI is InChI=1S/C15H23NO4S/c1-15(2,3)20-14(18)10-21-9-12(17)8-19-13-6-4-11(16)5-7-13/h4-7,12,17H,8-10,16H2,1-3H3. The molecule has 0 radical (unpaired) electrons. The second-order valence-corrected chi connectivity index (χ2v) is 6.67. The van der Waals surface area contributed by atoms with Crippen LogP contribution in [0.1, 0.15) is 20.8 Å². The minimum atomic E-state index is -0.644. The van der Waals surface area contributed by atoms with E-state index in [0.29, 0.717) is 17.2 Å². The molecule has 0 bridgehead atoms. The minimum Gasteiger partial charge on any atom is -0.491 e. The highest BCUT2D eigenvalue weighted by atomic mass is 32.2. The van der Waals surface area contributed by atoms with Crippen LogP contribution in [0.15, 0.2) is 24.3 Å². The van der Waals surface area contributed by atoms with E-state index in [-0.39, 0.29) is 18.3 Å². The van der Waals surface area contributed by atoms with Crippen molar-refractivity contribution in [3.05, 3.63) is 24.3 Å². The number of anilines is 1. The maximum absolute atomic E-state index is 11.5. The minimum absolute atomic E-state index is 0.172. The lowest BCUT2D eigenvalue weighted by Crippen LogP contribution is -2.26. The van der Waals surface area contributed by atoms with Crippen LogP contribution in [0.2, 0.25) is 0 Å². The number of nitrogens with two attached hydrogens (primary N) is 1. The van der Waals surface area contributed by atoms with Gasteiger partial charge < -0.3 is 20.3 Å². The molecule has 1 atom stereocenters. The summed E-state index contributed by atoms with van der Waals surface area (Å²) in [6.45, 7) is 5.64. The third-order valence-corrected chi connectivity index (χ3v) is 3.33. The van der Waals surface area contributed by atoms with Crippen LogP contribution >= 0.6 is 11.8 Å². The molecule has 0 heterocycles. The molecule has 1 aromatic carbocycles. The van der Waals surface area contributed by atoms with E-state index in [1.54, 1.807) is 24.3 Å². The second-order valence-electron chi connectivity index (χ2n) is 5.64. The number of benzene rings is 1. The third kappa shape index (κ3) is 8.47. The van der Waals surface area contributed by atoms with Gasteiger partial charge in [0, 0.05) is 11.4 Å². The molecule has 118 valence electrons. The summed E-state index contributed by atoms with van der Waals surface area (Å²) in [6.07, 6.45) is -0.644. The zero-order chi connectivity index (χ0) is 15.9. The third-order valence-electron chi connectivity index (χ3n) is 2.27. The van der Waals surface area contributed by atoms with Gasteiger partial charge in [-0.3, -0.25) is 4.79 Å². The summed E-state index contributed by atoms with van der Waals surface area (Å²) in [5.74, 6) is 1.00. The van der Waals surface area contributed by atoms with Crippen molar-refractivity contribution in [3.63, 3.8) is 0 Å². The molecule has 0 amide bonds. The van der Waals surface area contributed by atoms with Crippen LogP contribution in [-0.2, 0) is 9.53 Å². The fourth-order valence-electron chi connectivity index (χ4n) is 1.45. The van der Waals surface area contributed by atoms with Gasteiger partial charge in [0.1, 0.15) is 18.0 Å². The van der Waals surface area contributed by atoms with Gasteiger partial charge in [-0.05, 0) is 45.0 Å². The van der Waals surface area contributed by atoms with Gasteiger partial charge >= 0.3 is 5.97 Å². The van der Waals surface area contributed by atoms with Crippen molar-refractivity contribution < 1.29 is 19.4 Å². The number of thioether (sulfide) groups is 1. The van der Waals surface area contributed by atoms with Gasteiger partial charge in [-0.2, -0.15) is 0 Å². The Bertz CT molecular complexity index is 442. The second kappa shape index (κ2) is 8.14. The molecule has 6 heteroatoms. The molecule has 0 spiro atoms. The maximum Gasteiger partial charge on any atom is 0.316 e. The van der Waals surface area contributed by atoms with Gasteiger partial charge in [-0.15, -0.1) is 11.8 Å². The van der Waals surface area contributed by atoms with Crippen LogP contribution in [0.25, 0.3) is 0 Å². The lowest BCUT2D eigenvalue weighted by molar-refractivity contribution is -0.151. The van der Waals surface area contributed by atoms with E-state index in [0.717, 1.165) is 0 Å². The summed E-state index contributed by atoms with van der Waals surface area (Å²) in [5.41, 5.74) is 5.75. The summed E-state index contributed by atoms with van der Waals surface area (Å²) < 4.78 is 10.6. The van der Waals surface area contributed by atoms with Gasteiger partial charge in [-0.25, -0.2) is 0 Å². The Balaban J connectivity index is 2.18. The zero-order valence-corrected chi connectivity index (χ0v) is 13.5. The molecule has 0 aromatic heterocycles. The predicted octanol–water partition coefficient (Wildman–Crippen LogP) is 2.08. The topological polar surface area (TPSA) is 81.8 Å². The first-order chi connectivity index (χ1) is 9.76. The van der Waals surface area contributed by atoms with Crippen LogP contribution in [0.4, 0.5) is 5.69 Å². The molecule has 1 aromatic rings. The molecule has 3 N–H and O–H groups in total. The summed E-state index contributed by atoms with van der Waals surface area (Å²) in [7, 11) is 0. The fourth-order valence-corrected chi connectivity index (χ4v) is 2.17. The molecule has 0 saturated carbocycles. The first kappa shape index (κ1) is 17.7. The maximum atomic E-state index is 11.5. The number of nitrogen functional groups attached to an aromatic ring is 1. The highest BCUT2D eigenvalue weighted by Gasteiger charge is 2.16. The van der Waals surface area contributed by atoms with Gasteiger partial charge in [0.05, 0.1) is 11.9 Å². The molecule has 0 aliphatic heterocycles. The average molecular weight is 313 g/mol. The smallest absolute Gasteiger partial charge is 0.316 e. The summed E-state index contributed by atoms with van der Waals surface area (Å²) >= 11 is 1.32. The molecule has 0 saturated heterocycles. The summed E-state index contributed by atoms with van der Waals surface area (Å²) in [4.78, 5) is 11.5. The van der Waals surface area contributed by atoms with Crippen LogP contribution in [0, 0.1) is 0 Å². The molecular weight excluding hydrogens is 290 g/mol. The van der Waals surface area contributed by atoms with E-state index in [9.17, 15) is 9.90 Å². The largest absolute Gasteiger partial charge is 0.491 e. The lowest BCUT2D eigenvalue weighted by atomic mass is 10.2. The van der Waals surface area contributed by atoms with E-state index >= 15 is 0 Å². The van der Waals surface area contributed by atoms with E-state index in [1.165, 1.54) is 11.8 Å². The van der Waals surface area contributed by atoms with Gasteiger partial charge in [0.25, 0.3) is 0 Å². The number of ether oxygens (including phenoxy) is 2. The lowest BCUT2D eigenvalue weighted by Gasteiger charge is -2.19. The Morgan fingerprint density at radius 1 is 1.33 bits per heavy atom. The monoisotopic (exact) mass is 313 g/mol. The average Bonchev–Trinajstić information content (AvgIpc) is 2.36. The van der Waals surface area contributed by atoms with Gasteiger partial charge in [0.2, 0.25) is 0 Å². The summed E-state index contributed by atoms with van der Waals surface area (Å²) in [5, 5.41) is 9.79. The van der Waals surface area contributed by atoms with Crippen molar-refractivity contribution in [2.24, 2.45) is 0 Å². The van der Waals surface area contributed by atoms with Gasteiger partial charge in [0.15, 0.2) is 0 Å². The number of esters is 1. The molecule has 1 unspecified atom stereocenters. The number of hydrogen-bond donors (Lipinski definition) is 2. The number of hydrogen-bond acceptors (Lipinski definition) is 6. The predicted molar refractivity (Wildman–Crippen MR) is 85.5 cm³/mol. The SMILES string of the molecule is CC(C)(C)OC(=O)CSCC(O)COc1ccc(N)cc1. The molecule has 21 heavy (non-hydrogen) atoms. The highest BCUT2D eigenvalue weighted by Crippen LogP contribution is 2.14. The van der Waals surface area contributed by atoms with Crippen molar-refractivity contribution in [1.29, 1.82) is 0 Å². The van der Waals surface area contributed by atoms with Gasteiger partial charge in [-0.1, -0.05) is 0 Å². The Morgan fingerprint density at radius 2 is 1.95 bits per heavy atom. The van der Waals surface area contributed by atoms with Crippen LogP contribution < -0.4 is 10.5 Å². The van der Waals surface area contributed by atoms with E-state index in [1.807, 2.05) is 20.8 Å². The van der Waals surface area contributed by atoms with E-state index in [4.69, 9.17) is 15.2 Å². The Morgan fingerprint density at radius 3 is 2.52 bits per heavy atom. The normalized spacial score (nSPS) is 12.8. The Labute approximate surface area is 129 Å². The Hall–Kier alpha value is -1.40. The van der Waals surface area contributed by atoms with Crippen LogP contribution in [-0.4, -0.2) is 40.9 Å². The molecule has 0 fully saturated rings. The first-order valence-electron chi connectivity index (χ1n) is 6.72. The number of rotatable bonds is 7. The number of carbonyl (C=O) groups excluding carboxylic acids is 1. The van der Waals surface area contributed by atoms with E-state index in [2.05, 4.69) is 0 Å². The summed E-state index contributed by atoms with van der Waals surface area (Å²) in [6, 6.07) is 6.96. The molecule has 0 aliphatic carbocycles. The van der Waals surface area contributed by atoms with Crippen molar-refractivity contribution >= 4 is 23.4 Å².